The topological polar surface area (TPSA) is 22.1 Å². The summed E-state index contributed by atoms with van der Waals surface area (Å²) in [5.41, 5.74) is 1.27. The summed E-state index contributed by atoms with van der Waals surface area (Å²) >= 11 is 6.21. The molecule has 1 aromatic heterocycles. The molecule has 0 bridgehead atoms. The van der Waals surface area contributed by atoms with Crippen molar-refractivity contribution in [2.45, 2.75) is 43.9 Å². The van der Waals surface area contributed by atoms with Gasteiger partial charge in [-0.25, -0.2) is 0 Å². The summed E-state index contributed by atoms with van der Waals surface area (Å²) in [7, 11) is 0. The lowest BCUT2D eigenvalue weighted by atomic mass is 9.84. The van der Waals surface area contributed by atoms with Crippen LogP contribution in [-0.4, -0.2) is 17.0 Å². The van der Waals surface area contributed by atoms with Gasteiger partial charge >= 0.3 is 0 Å². The minimum absolute atomic E-state index is 0.328. The van der Waals surface area contributed by atoms with Gasteiger partial charge in [0.1, 0.15) is 5.75 Å². The summed E-state index contributed by atoms with van der Waals surface area (Å²) in [5.74, 6) is 1.43. The quantitative estimate of drug-likeness (QED) is 0.750. The van der Waals surface area contributed by atoms with Crippen LogP contribution in [0.2, 0.25) is 0 Å². The van der Waals surface area contributed by atoms with Crippen molar-refractivity contribution >= 4 is 11.6 Å². The zero-order valence-electron chi connectivity index (χ0n) is 9.66. The first-order chi connectivity index (χ1) is 7.79. The molecule has 0 N–H and O–H groups in total. The van der Waals surface area contributed by atoms with E-state index in [1.165, 1.54) is 18.4 Å². The van der Waals surface area contributed by atoms with Crippen molar-refractivity contribution in [2.75, 3.05) is 6.61 Å². The molecule has 2 rings (SSSR count). The molecule has 2 atom stereocenters. The molecule has 1 aromatic rings. The van der Waals surface area contributed by atoms with Crippen LogP contribution in [-0.2, 0) is 0 Å². The fourth-order valence-electron chi connectivity index (χ4n) is 2.34. The number of ether oxygens (including phenoxy) is 1. The van der Waals surface area contributed by atoms with Gasteiger partial charge in [-0.05, 0) is 43.7 Å². The van der Waals surface area contributed by atoms with E-state index in [0.29, 0.717) is 17.9 Å². The smallest absolute Gasteiger partial charge is 0.137 e. The molecule has 88 valence electrons. The molecule has 0 saturated heterocycles. The molecule has 0 spiro atoms. The van der Waals surface area contributed by atoms with Gasteiger partial charge in [-0.1, -0.05) is 6.42 Å². The van der Waals surface area contributed by atoms with Crippen LogP contribution in [0.3, 0.4) is 0 Å². The highest BCUT2D eigenvalue weighted by molar-refractivity contribution is 6.20. The summed E-state index contributed by atoms with van der Waals surface area (Å²) in [6, 6.07) is 2.11. The highest BCUT2D eigenvalue weighted by Crippen LogP contribution is 2.35. The monoisotopic (exact) mass is 239 g/mol. The van der Waals surface area contributed by atoms with E-state index in [1.54, 1.807) is 6.20 Å². The predicted molar refractivity (Wildman–Crippen MR) is 66.3 cm³/mol. The third-order valence-electron chi connectivity index (χ3n) is 3.13. The molecule has 0 radical (unpaired) electrons. The molecule has 1 saturated carbocycles. The van der Waals surface area contributed by atoms with Gasteiger partial charge in [-0.15, -0.1) is 11.6 Å². The molecular formula is C13H18ClNO. The lowest BCUT2D eigenvalue weighted by Gasteiger charge is -2.25. The van der Waals surface area contributed by atoms with Gasteiger partial charge < -0.3 is 4.74 Å². The minimum atomic E-state index is 0.328. The maximum atomic E-state index is 6.21. The van der Waals surface area contributed by atoms with Gasteiger partial charge in [0.2, 0.25) is 0 Å². The van der Waals surface area contributed by atoms with Crippen LogP contribution in [0.1, 0.15) is 44.1 Å². The van der Waals surface area contributed by atoms with Crippen molar-refractivity contribution in [1.29, 1.82) is 0 Å². The molecule has 1 heterocycles. The molecule has 1 fully saturated rings. The second-order valence-electron chi connectivity index (χ2n) is 4.35. The van der Waals surface area contributed by atoms with E-state index in [1.807, 2.05) is 13.1 Å². The van der Waals surface area contributed by atoms with Gasteiger partial charge in [-0.3, -0.25) is 4.98 Å². The van der Waals surface area contributed by atoms with Crippen molar-refractivity contribution in [3.05, 3.63) is 24.0 Å². The molecule has 1 aliphatic rings. The average Bonchev–Trinajstić information content (AvgIpc) is 2.30. The largest absolute Gasteiger partial charge is 0.492 e. The Morgan fingerprint density at radius 2 is 2.31 bits per heavy atom. The Labute approximate surface area is 102 Å². The lowest BCUT2D eigenvalue weighted by Crippen LogP contribution is -2.14. The van der Waals surface area contributed by atoms with Gasteiger partial charge in [0.05, 0.1) is 12.8 Å². The van der Waals surface area contributed by atoms with E-state index in [0.717, 1.165) is 18.6 Å². The highest BCUT2D eigenvalue weighted by atomic mass is 35.5. The molecule has 2 unspecified atom stereocenters. The molecular weight excluding hydrogens is 222 g/mol. The highest BCUT2D eigenvalue weighted by Gasteiger charge is 2.22. The maximum Gasteiger partial charge on any atom is 0.137 e. The molecule has 0 amide bonds. The summed E-state index contributed by atoms with van der Waals surface area (Å²) < 4.78 is 5.47. The number of alkyl halides is 1. The van der Waals surface area contributed by atoms with Crippen LogP contribution in [0.25, 0.3) is 0 Å². The van der Waals surface area contributed by atoms with Gasteiger partial charge in [0, 0.05) is 11.6 Å². The summed E-state index contributed by atoms with van der Waals surface area (Å²) in [4.78, 5) is 4.24. The van der Waals surface area contributed by atoms with Gasteiger partial charge in [-0.2, -0.15) is 0 Å². The summed E-state index contributed by atoms with van der Waals surface area (Å²) in [5, 5.41) is 0.328. The number of hydrogen-bond donors (Lipinski definition) is 0. The minimum Gasteiger partial charge on any atom is -0.492 e. The molecule has 16 heavy (non-hydrogen) atoms. The number of rotatable bonds is 3. The SMILES string of the molecule is CCOc1cncc(C2CCCC(Cl)C2)c1. The third-order valence-corrected chi connectivity index (χ3v) is 3.52. The van der Waals surface area contributed by atoms with E-state index < -0.39 is 0 Å². The van der Waals surface area contributed by atoms with E-state index in [-0.39, 0.29) is 0 Å². The van der Waals surface area contributed by atoms with E-state index in [2.05, 4.69) is 11.1 Å². The number of hydrogen-bond acceptors (Lipinski definition) is 2. The standard InChI is InChI=1S/C13H18ClNO/c1-2-16-13-7-11(8-15-9-13)10-4-3-5-12(14)6-10/h7-10,12H,2-6H2,1H3. The van der Waals surface area contributed by atoms with Crippen molar-refractivity contribution in [3.8, 4) is 5.75 Å². The molecule has 2 nitrogen and oxygen atoms in total. The lowest BCUT2D eigenvalue weighted by molar-refractivity contribution is 0.337. The second kappa shape index (κ2) is 5.53. The first kappa shape index (κ1) is 11.7. The van der Waals surface area contributed by atoms with Crippen molar-refractivity contribution in [1.82, 2.24) is 4.98 Å². The van der Waals surface area contributed by atoms with Crippen molar-refractivity contribution < 1.29 is 4.74 Å². The van der Waals surface area contributed by atoms with Gasteiger partial charge in [0.15, 0.2) is 0 Å². The first-order valence-electron chi connectivity index (χ1n) is 6.01. The summed E-state index contributed by atoms with van der Waals surface area (Å²) in [6.45, 7) is 2.68. The van der Waals surface area contributed by atoms with Crippen LogP contribution < -0.4 is 4.74 Å². The molecule has 1 aliphatic carbocycles. The molecule has 3 heteroatoms. The van der Waals surface area contributed by atoms with Crippen LogP contribution in [0.4, 0.5) is 0 Å². The Morgan fingerprint density at radius 1 is 1.44 bits per heavy atom. The summed E-state index contributed by atoms with van der Waals surface area (Å²) in [6.07, 6.45) is 8.38. The van der Waals surface area contributed by atoms with Crippen LogP contribution >= 0.6 is 11.6 Å². The molecule has 0 aromatic carbocycles. The first-order valence-corrected chi connectivity index (χ1v) is 6.45. The van der Waals surface area contributed by atoms with Crippen molar-refractivity contribution in [3.63, 3.8) is 0 Å². The Morgan fingerprint density at radius 3 is 3.06 bits per heavy atom. The Hall–Kier alpha value is -0.760. The third kappa shape index (κ3) is 2.88. The van der Waals surface area contributed by atoms with Gasteiger partial charge in [0.25, 0.3) is 0 Å². The maximum absolute atomic E-state index is 6.21. The van der Waals surface area contributed by atoms with E-state index in [9.17, 15) is 0 Å². The average molecular weight is 240 g/mol. The zero-order valence-corrected chi connectivity index (χ0v) is 10.4. The molecule has 0 aliphatic heterocycles. The fraction of sp³-hybridized carbons (Fsp3) is 0.615. The number of aromatic nitrogens is 1. The van der Waals surface area contributed by atoms with Crippen LogP contribution in [0.15, 0.2) is 18.5 Å². The van der Waals surface area contributed by atoms with Crippen LogP contribution in [0, 0.1) is 0 Å². The van der Waals surface area contributed by atoms with Crippen molar-refractivity contribution in [2.24, 2.45) is 0 Å². The van der Waals surface area contributed by atoms with Crippen LogP contribution in [0.5, 0.6) is 5.75 Å². The Kier molecular flexibility index (Phi) is 4.05. The second-order valence-corrected chi connectivity index (χ2v) is 4.97. The number of halogens is 1. The number of pyridine rings is 1. The Balaban J connectivity index is 2.09. The van der Waals surface area contributed by atoms with E-state index >= 15 is 0 Å². The fourth-order valence-corrected chi connectivity index (χ4v) is 2.71. The van der Waals surface area contributed by atoms with E-state index in [4.69, 9.17) is 16.3 Å². The number of nitrogens with zero attached hydrogens (tertiary/aromatic N) is 1. The normalized spacial score (nSPS) is 25.4. The predicted octanol–water partition coefficient (Wildman–Crippen LogP) is 3.75. The zero-order chi connectivity index (χ0) is 11.4. The Bertz CT molecular complexity index is 342.